The summed E-state index contributed by atoms with van der Waals surface area (Å²) >= 11 is 0. The molecule has 0 heterocycles. The van der Waals surface area contributed by atoms with E-state index in [1.165, 1.54) is 12.8 Å². The van der Waals surface area contributed by atoms with Gasteiger partial charge in [-0.15, -0.1) is 0 Å². The minimum absolute atomic E-state index is 0.0244. The Labute approximate surface area is 97.9 Å². The van der Waals surface area contributed by atoms with Crippen molar-refractivity contribution in [3.05, 3.63) is 0 Å². The maximum atomic E-state index is 11.1. The minimum atomic E-state index is -0.166. The van der Waals surface area contributed by atoms with E-state index in [1.54, 1.807) is 7.05 Å². The second-order valence-electron chi connectivity index (χ2n) is 4.84. The van der Waals surface area contributed by atoms with Gasteiger partial charge in [0.05, 0.1) is 12.2 Å². The van der Waals surface area contributed by atoms with Crippen LogP contribution in [0, 0.1) is 5.92 Å². The molecule has 1 aliphatic carbocycles. The van der Waals surface area contributed by atoms with Gasteiger partial charge in [-0.2, -0.15) is 0 Å². The number of carbonyl (C=O) groups is 1. The van der Waals surface area contributed by atoms with Crippen LogP contribution in [0.25, 0.3) is 0 Å². The number of hydrogen-bond acceptors (Lipinski definition) is 3. The maximum absolute atomic E-state index is 11.1. The highest BCUT2D eigenvalue weighted by molar-refractivity contribution is 5.75. The van der Waals surface area contributed by atoms with Crippen LogP contribution >= 0.6 is 0 Å². The maximum Gasteiger partial charge on any atom is 0.222 e. The zero-order valence-electron chi connectivity index (χ0n) is 10.4. The molecule has 0 radical (unpaired) electrons. The van der Waals surface area contributed by atoms with Crippen molar-refractivity contribution < 1.29 is 9.53 Å². The Morgan fingerprint density at radius 3 is 2.62 bits per heavy atom. The van der Waals surface area contributed by atoms with Crippen molar-refractivity contribution >= 4 is 5.91 Å². The summed E-state index contributed by atoms with van der Waals surface area (Å²) in [7, 11) is 1.64. The third-order valence-corrected chi connectivity index (χ3v) is 3.57. The normalized spacial score (nSPS) is 30.1. The van der Waals surface area contributed by atoms with E-state index < -0.39 is 0 Å². The number of nitrogens with two attached hydrogens (primary N) is 1. The molecule has 4 nitrogen and oxygen atoms in total. The highest BCUT2D eigenvalue weighted by atomic mass is 16.5. The highest BCUT2D eigenvalue weighted by Gasteiger charge is 2.33. The topological polar surface area (TPSA) is 64.3 Å². The molecule has 0 bridgehead atoms. The van der Waals surface area contributed by atoms with Crippen molar-refractivity contribution in [3.8, 4) is 0 Å². The van der Waals surface area contributed by atoms with Gasteiger partial charge >= 0.3 is 0 Å². The molecule has 1 rings (SSSR count). The van der Waals surface area contributed by atoms with E-state index in [1.807, 2.05) is 0 Å². The first-order valence-electron chi connectivity index (χ1n) is 6.16. The standard InChI is InChI=1S/C12H24N2O2/c1-10-3-6-12(9-13,7-4-10)16-8-5-11(15)14-2/h10H,3-9,13H2,1-2H3,(H,14,15). The lowest BCUT2D eigenvalue weighted by Gasteiger charge is -2.38. The molecule has 0 saturated heterocycles. The number of nitrogens with one attached hydrogen (secondary N) is 1. The molecule has 16 heavy (non-hydrogen) atoms. The number of rotatable bonds is 5. The van der Waals surface area contributed by atoms with Crippen LogP contribution in [0.2, 0.25) is 0 Å². The van der Waals surface area contributed by atoms with Gasteiger partial charge in [-0.3, -0.25) is 4.79 Å². The summed E-state index contributed by atoms with van der Waals surface area (Å²) in [5.74, 6) is 0.804. The molecule has 0 aromatic rings. The first kappa shape index (κ1) is 13.5. The summed E-state index contributed by atoms with van der Waals surface area (Å²) in [5.41, 5.74) is 5.64. The molecule has 0 unspecified atom stereocenters. The molecule has 3 N–H and O–H groups in total. The molecule has 1 amide bonds. The fourth-order valence-corrected chi connectivity index (χ4v) is 2.18. The van der Waals surface area contributed by atoms with Crippen LogP contribution in [-0.4, -0.2) is 31.7 Å². The molecule has 4 heteroatoms. The number of carbonyl (C=O) groups excluding carboxylic acids is 1. The van der Waals surface area contributed by atoms with Crippen molar-refractivity contribution in [2.45, 2.75) is 44.6 Å². The van der Waals surface area contributed by atoms with Gasteiger partial charge in [0.15, 0.2) is 0 Å². The van der Waals surface area contributed by atoms with Gasteiger partial charge in [0.25, 0.3) is 0 Å². The van der Waals surface area contributed by atoms with Crippen LogP contribution in [0.4, 0.5) is 0 Å². The molecule has 0 aromatic carbocycles. The second-order valence-corrected chi connectivity index (χ2v) is 4.84. The van der Waals surface area contributed by atoms with E-state index in [9.17, 15) is 4.79 Å². The van der Waals surface area contributed by atoms with Crippen LogP contribution in [0.5, 0.6) is 0 Å². The SMILES string of the molecule is CNC(=O)CCOC1(CN)CCC(C)CC1. The van der Waals surface area contributed by atoms with Crippen LogP contribution < -0.4 is 11.1 Å². The molecule has 1 saturated carbocycles. The van der Waals surface area contributed by atoms with E-state index in [0.717, 1.165) is 18.8 Å². The van der Waals surface area contributed by atoms with Gasteiger partial charge in [0.1, 0.15) is 0 Å². The highest BCUT2D eigenvalue weighted by Crippen LogP contribution is 2.34. The van der Waals surface area contributed by atoms with E-state index >= 15 is 0 Å². The Balaban J connectivity index is 2.33. The molecule has 0 spiro atoms. The van der Waals surface area contributed by atoms with Crippen LogP contribution in [0.15, 0.2) is 0 Å². The fourth-order valence-electron chi connectivity index (χ4n) is 2.18. The van der Waals surface area contributed by atoms with Gasteiger partial charge < -0.3 is 15.8 Å². The molecule has 1 aliphatic rings. The van der Waals surface area contributed by atoms with Gasteiger partial charge in [0, 0.05) is 20.0 Å². The van der Waals surface area contributed by atoms with Crippen molar-refractivity contribution in [2.75, 3.05) is 20.2 Å². The second kappa shape index (κ2) is 6.21. The number of hydrogen-bond donors (Lipinski definition) is 2. The third kappa shape index (κ3) is 3.76. The van der Waals surface area contributed by atoms with E-state index in [0.29, 0.717) is 19.6 Å². The first-order valence-corrected chi connectivity index (χ1v) is 6.16. The fraction of sp³-hybridized carbons (Fsp3) is 0.917. The average molecular weight is 228 g/mol. The van der Waals surface area contributed by atoms with Crippen molar-refractivity contribution in [3.63, 3.8) is 0 Å². The van der Waals surface area contributed by atoms with Crippen molar-refractivity contribution in [1.29, 1.82) is 0 Å². The molecule has 1 fully saturated rings. The van der Waals surface area contributed by atoms with Crippen LogP contribution in [0.3, 0.4) is 0 Å². The van der Waals surface area contributed by atoms with E-state index in [2.05, 4.69) is 12.2 Å². The monoisotopic (exact) mass is 228 g/mol. The summed E-state index contributed by atoms with van der Waals surface area (Å²) < 4.78 is 5.85. The van der Waals surface area contributed by atoms with Gasteiger partial charge in [0.2, 0.25) is 5.91 Å². The summed E-state index contributed by atoms with van der Waals surface area (Å²) in [6, 6.07) is 0. The van der Waals surface area contributed by atoms with Gasteiger partial charge in [-0.25, -0.2) is 0 Å². The Kier molecular flexibility index (Phi) is 5.22. The smallest absolute Gasteiger partial charge is 0.222 e. The molecule has 0 aromatic heterocycles. The lowest BCUT2D eigenvalue weighted by molar-refractivity contribution is -0.124. The zero-order valence-corrected chi connectivity index (χ0v) is 10.4. The zero-order chi connectivity index (χ0) is 12.0. The predicted molar refractivity (Wildman–Crippen MR) is 64.1 cm³/mol. The Morgan fingerprint density at radius 2 is 2.12 bits per heavy atom. The number of ether oxygens (including phenoxy) is 1. The Hall–Kier alpha value is -0.610. The lowest BCUT2D eigenvalue weighted by Crippen LogP contribution is -2.44. The van der Waals surface area contributed by atoms with E-state index in [-0.39, 0.29) is 11.5 Å². The molecular weight excluding hydrogens is 204 g/mol. The summed E-state index contributed by atoms with van der Waals surface area (Å²) in [4.78, 5) is 11.1. The Morgan fingerprint density at radius 1 is 1.50 bits per heavy atom. The summed E-state index contributed by atoms with van der Waals surface area (Å²) in [6.07, 6.45) is 4.83. The van der Waals surface area contributed by atoms with Gasteiger partial charge in [-0.05, 0) is 31.6 Å². The molecule has 94 valence electrons. The average Bonchev–Trinajstić information content (AvgIpc) is 2.32. The quantitative estimate of drug-likeness (QED) is 0.739. The minimum Gasteiger partial charge on any atom is -0.373 e. The van der Waals surface area contributed by atoms with Crippen LogP contribution in [-0.2, 0) is 9.53 Å². The molecule has 0 aliphatic heterocycles. The number of amides is 1. The Bertz CT molecular complexity index is 223. The van der Waals surface area contributed by atoms with Gasteiger partial charge in [-0.1, -0.05) is 6.92 Å². The van der Waals surface area contributed by atoms with Crippen molar-refractivity contribution in [1.82, 2.24) is 5.32 Å². The van der Waals surface area contributed by atoms with E-state index in [4.69, 9.17) is 10.5 Å². The predicted octanol–water partition coefficient (Wildman–Crippen LogP) is 1.05. The first-order chi connectivity index (χ1) is 7.62. The lowest BCUT2D eigenvalue weighted by atomic mass is 9.79. The molecular formula is C12H24N2O2. The summed E-state index contributed by atoms with van der Waals surface area (Å²) in [5, 5.41) is 2.59. The summed E-state index contributed by atoms with van der Waals surface area (Å²) in [6.45, 7) is 3.31. The van der Waals surface area contributed by atoms with Crippen LogP contribution in [0.1, 0.15) is 39.0 Å². The molecule has 0 atom stereocenters. The van der Waals surface area contributed by atoms with Crippen molar-refractivity contribution in [2.24, 2.45) is 11.7 Å². The third-order valence-electron chi connectivity index (χ3n) is 3.57. The largest absolute Gasteiger partial charge is 0.373 e.